The number of unbranched alkanes of at least 4 members (excludes halogenated alkanes) is 2. The van der Waals surface area contributed by atoms with E-state index in [2.05, 4.69) is 9.97 Å². The van der Waals surface area contributed by atoms with Crippen LogP contribution in [0.15, 0.2) is 12.5 Å². The van der Waals surface area contributed by atoms with Crippen molar-refractivity contribution in [1.82, 2.24) is 9.97 Å². The van der Waals surface area contributed by atoms with Gasteiger partial charge in [0.1, 0.15) is 0 Å². The van der Waals surface area contributed by atoms with Crippen LogP contribution in [0.4, 0.5) is 0 Å². The van der Waals surface area contributed by atoms with Crippen molar-refractivity contribution in [3.8, 4) is 0 Å². The third-order valence-electron chi connectivity index (χ3n) is 1.88. The molecule has 1 aromatic heterocycles. The predicted octanol–water partition coefficient (Wildman–Crippen LogP) is -0.0150. The standard InChI is InChI=1S/C5H9N3.C5H14N2/c6-2-1-5-3-7-4-8-5;6-4-2-1-3-5-7/h3-4H,1-2,6H2,(H,7,8);1-7H2. The predicted molar refractivity (Wildman–Crippen MR) is 63.3 cm³/mol. The summed E-state index contributed by atoms with van der Waals surface area (Å²) in [6.45, 7) is 2.29. The second kappa shape index (κ2) is 11.2. The molecule has 0 aliphatic carbocycles. The van der Waals surface area contributed by atoms with Crippen molar-refractivity contribution in [2.45, 2.75) is 25.7 Å². The van der Waals surface area contributed by atoms with Crippen LogP contribution in [0.3, 0.4) is 0 Å². The van der Waals surface area contributed by atoms with E-state index < -0.39 is 0 Å². The fraction of sp³-hybridized carbons (Fsp3) is 0.700. The Morgan fingerprint density at radius 3 is 2.07 bits per heavy atom. The first-order chi connectivity index (χ1) is 7.35. The molecule has 0 aliphatic heterocycles. The smallest absolute Gasteiger partial charge is 0.0921 e. The maximum Gasteiger partial charge on any atom is 0.0921 e. The molecule has 7 N–H and O–H groups in total. The Bertz CT molecular complexity index is 194. The fourth-order valence-corrected chi connectivity index (χ4v) is 1.04. The highest BCUT2D eigenvalue weighted by Gasteiger charge is 1.87. The van der Waals surface area contributed by atoms with Gasteiger partial charge >= 0.3 is 0 Å². The van der Waals surface area contributed by atoms with Gasteiger partial charge in [0.2, 0.25) is 0 Å². The maximum atomic E-state index is 5.27. The normalized spacial score (nSPS) is 9.53. The second-order valence-corrected chi connectivity index (χ2v) is 3.25. The summed E-state index contributed by atoms with van der Waals surface area (Å²) in [7, 11) is 0. The number of nitrogens with two attached hydrogens (primary N) is 3. The topological polar surface area (TPSA) is 107 Å². The molecule has 15 heavy (non-hydrogen) atoms. The molecule has 0 saturated heterocycles. The SMILES string of the molecule is NCCCCCN.NCCc1cnc[nH]1. The van der Waals surface area contributed by atoms with Crippen LogP contribution in [-0.2, 0) is 6.42 Å². The quantitative estimate of drug-likeness (QED) is 0.498. The molecule has 1 aromatic rings. The van der Waals surface area contributed by atoms with Gasteiger partial charge in [-0.2, -0.15) is 0 Å². The lowest BCUT2D eigenvalue weighted by Gasteiger charge is -1.91. The number of hydrogen-bond donors (Lipinski definition) is 4. The summed E-state index contributed by atoms with van der Waals surface area (Å²) in [6.07, 6.45) is 7.76. The number of aromatic nitrogens is 2. The molecular weight excluding hydrogens is 190 g/mol. The Balaban J connectivity index is 0.000000265. The van der Waals surface area contributed by atoms with Gasteiger partial charge < -0.3 is 22.2 Å². The van der Waals surface area contributed by atoms with E-state index in [1.807, 2.05) is 0 Å². The van der Waals surface area contributed by atoms with Crippen molar-refractivity contribution in [1.29, 1.82) is 0 Å². The summed E-state index contributed by atoms with van der Waals surface area (Å²) < 4.78 is 0. The molecule has 0 aliphatic rings. The van der Waals surface area contributed by atoms with Gasteiger partial charge in [-0.05, 0) is 32.5 Å². The lowest BCUT2D eigenvalue weighted by molar-refractivity contribution is 0.695. The van der Waals surface area contributed by atoms with E-state index in [-0.39, 0.29) is 0 Å². The molecule has 0 bridgehead atoms. The van der Waals surface area contributed by atoms with E-state index >= 15 is 0 Å². The number of H-pyrrole nitrogens is 1. The summed E-state index contributed by atoms with van der Waals surface area (Å²) in [5.74, 6) is 0. The first kappa shape index (κ1) is 14.1. The highest BCUT2D eigenvalue weighted by atomic mass is 14.9. The third-order valence-corrected chi connectivity index (χ3v) is 1.88. The molecule has 5 heteroatoms. The van der Waals surface area contributed by atoms with Crippen molar-refractivity contribution in [3.63, 3.8) is 0 Å². The summed E-state index contributed by atoms with van der Waals surface area (Å²) in [4.78, 5) is 6.78. The molecule has 0 fully saturated rings. The molecular formula is C10H23N5. The van der Waals surface area contributed by atoms with Gasteiger partial charge in [0.25, 0.3) is 0 Å². The Morgan fingerprint density at radius 1 is 1.00 bits per heavy atom. The van der Waals surface area contributed by atoms with Crippen LogP contribution in [0.5, 0.6) is 0 Å². The average Bonchev–Trinajstić information content (AvgIpc) is 2.73. The molecule has 0 amide bonds. The van der Waals surface area contributed by atoms with Gasteiger partial charge in [0.15, 0.2) is 0 Å². The van der Waals surface area contributed by atoms with E-state index in [1.54, 1.807) is 12.5 Å². The lowest BCUT2D eigenvalue weighted by atomic mass is 10.2. The highest BCUT2D eigenvalue weighted by molar-refractivity contribution is 4.93. The molecule has 0 unspecified atom stereocenters. The molecule has 0 aromatic carbocycles. The Morgan fingerprint density at radius 2 is 1.67 bits per heavy atom. The largest absolute Gasteiger partial charge is 0.348 e. The van der Waals surface area contributed by atoms with Crippen molar-refractivity contribution in [2.75, 3.05) is 19.6 Å². The summed E-state index contributed by atoms with van der Waals surface area (Å²) in [5, 5.41) is 0. The number of nitrogens with zero attached hydrogens (tertiary/aromatic N) is 1. The summed E-state index contributed by atoms with van der Waals surface area (Å²) in [5.41, 5.74) is 16.8. The number of rotatable bonds is 6. The monoisotopic (exact) mass is 213 g/mol. The van der Waals surface area contributed by atoms with Gasteiger partial charge in [-0.25, -0.2) is 4.98 Å². The minimum absolute atomic E-state index is 0.683. The Labute approximate surface area is 91.4 Å². The number of aromatic amines is 1. The zero-order valence-electron chi connectivity index (χ0n) is 9.28. The van der Waals surface area contributed by atoms with Crippen LogP contribution in [0.25, 0.3) is 0 Å². The van der Waals surface area contributed by atoms with E-state index in [4.69, 9.17) is 17.2 Å². The van der Waals surface area contributed by atoms with Gasteiger partial charge in [0.05, 0.1) is 6.33 Å². The van der Waals surface area contributed by atoms with Crippen molar-refractivity contribution in [2.24, 2.45) is 17.2 Å². The third kappa shape index (κ3) is 9.40. The molecule has 0 radical (unpaired) electrons. The number of imidazole rings is 1. The van der Waals surface area contributed by atoms with Crippen LogP contribution >= 0.6 is 0 Å². The van der Waals surface area contributed by atoms with E-state index in [9.17, 15) is 0 Å². The van der Waals surface area contributed by atoms with E-state index in [0.717, 1.165) is 38.0 Å². The first-order valence-electron chi connectivity index (χ1n) is 5.42. The second-order valence-electron chi connectivity index (χ2n) is 3.25. The molecule has 1 heterocycles. The van der Waals surface area contributed by atoms with E-state index in [1.165, 1.54) is 6.42 Å². The minimum atomic E-state index is 0.683. The molecule has 5 nitrogen and oxygen atoms in total. The molecule has 0 atom stereocenters. The molecule has 0 spiro atoms. The first-order valence-corrected chi connectivity index (χ1v) is 5.42. The Hall–Kier alpha value is -0.910. The summed E-state index contributed by atoms with van der Waals surface area (Å²) >= 11 is 0. The number of hydrogen-bond acceptors (Lipinski definition) is 4. The van der Waals surface area contributed by atoms with Gasteiger partial charge in [-0.3, -0.25) is 0 Å². The van der Waals surface area contributed by atoms with Crippen LogP contribution in [-0.4, -0.2) is 29.6 Å². The van der Waals surface area contributed by atoms with Gasteiger partial charge in [0, 0.05) is 18.3 Å². The van der Waals surface area contributed by atoms with Crippen LogP contribution in [0.2, 0.25) is 0 Å². The van der Waals surface area contributed by atoms with Gasteiger partial charge in [-0.1, -0.05) is 6.42 Å². The Kier molecular flexibility index (Phi) is 10.5. The van der Waals surface area contributed by atoms with Gasteiger partial charge in [-0.15, -0.1) is 0 Å². The van der Waals surface area contributed by atoms with Crippen molar-refractivity contribution in [3.05, 3.63) is 18.2 Å². The average molecular weight is 213 g/mol. The number of nitrogens with one attached hydrogen (secondary N) is 1. The zero-order chi connectivity index (χ0) is 11.4. The fourth-order valence-electron chi connectivity index (χ4n) is 1.04. The molecule has 1 rings (SSSR count). The minimum Gasteiger partial charge on any atom is -0.348 e. The lowest BCUT2D eigenvalue weighted by Crippen LogP contribution is -2.02. The van der Waals surface area contributed by atoms with E-state index in [0.29, 0.717) is 6.54 Å². The highest BCUT2D eigenvalue weighted by Crippen LogP contribution is 1.88. The molecule has 0 saturated carbocycles. The van der Waals surface area contributed by atoms with Crippen LogP contribution < -0.4 is 17.2 Å². The summed E-state index contributed by atoms with van der Waals surface area (Å²) in [6, 6.07) is 0. The zero-order valence-corrected chi connectivity index (χ0v) is 9.28. The molecule has 88 valence electrons. The van der Waals surface area contributed by atoms with Crippen LogP contribution in [0.1, 0.15) is 25.0 Å². The van der Waals surface area contributed by atoms with Crippen LogP contribution in [0, 0.1) is 0 Å². The maximum absolute atomic E-state index is 5.27. The van der Waals surface area contributed by atoms with Crippen molar-refractivity contribution < 1.29 is 0 Å². The van der Waals surface area contributed by atoms with Crippen molar-refractivity contribution >= 4 is 0 Å².